The van der Waals surface area contributed by atoms with Gasteiger partial charge in [0.05, 0.1) is 10.5 Å². The number of nitro benzene ring substituents is 1. The van der Waals surface area contributed by atoms with Crippen molar-refractivity contribution in [2.24, 2.45) is 0 Å². The average molecular weight is 346 g/mol. The van der Waals surface area contributed by atoms with Crippen LogP contribution in [-0.4, -0.2) is 21.0 Å². The van der Waals surface area contributed by atoms with Crippen molar-refractivity contribution in [2.75, 3.05) is 5.32 Å². The second-order valence-electron chi connectivity index (χ2n) is 4.30. The van der Waals surface area contributed by atoms with Crippen LogP contribution < -0.4 is 5.32 Å². The third kappa shape index (κ3) is 3.80. The van der Waals surface area contributed by atoms with E-state index in [1.54, 1.807) is 0 Å². The molecular weight excluding hydrogens is 337 g/mol. The summed E-state index contributed by atoms with van der Waals surface area (Å²) in [6.07, 6.45) is -4.15. The van der Waals surface area contributed by atoms with E-state index in [0.29, 0.717) is 23.6 Å². The first-order valence-electron chi connectivity index (χ1n) is 6.21. The van der Waals surface area contributed by atoms with Crippen molar-refractivity contribution in [1.82, 2.24) is 10.2 Å². The van der Waals surface area contributed by atoms with Gasteiger partial charge in [0.25, 0.3) is 11.6 Å². The quantitative estimate of drug-likeness (QED) is 0.677. The predicted octanol–water partition coefficient (Wildman–Crippen LogP) is 3.28. The van der Waals surface area contributed by atoms with E-state index in [-0.39, 0.29) is 5.13 Å². The number of nitrogens with one attached hydrogen (secondary N) is 1. The highest BCUT2D eigenvalue weighted by atomic mass is 32.1. The van der Waals surface area contributed by atoms with Crippen LogP contribution in [0.15, 0.2) is 18.2 Å². The number of aromatic nitrogens is 2. The number of amides is 1. The van der Waals surface area contributed by atoms with Crippen LogP contribution in [0.1, 0.15) is 27.9 Å². The summed E-state index contributed by atoms with van der Waals surface area (Å²) >= 11 is 1.07. The molecule has 1 aromatic carbocycles. The van der Waals surface area contributed by atoms with E-state index in [9.17, 15) is 28.1 Å². The summed E-state index contributed by atoms with van der Waals surface area (Å²) in [5.74, 6) is -0.927. The van der Waals surface area contributed by atoms with Crippen LogP contribution in [0.4, 0.5) is 24.0 Å². The number of aryl methyl sites for hydroxylation is 1. The molecule has 0 bridgehead atoms. The van der Waals surface area contributed by atoms with E-state index in [2.05, 4.69) is 15.5 Å². The lowest BCUT2D eigenvalue weighted by molar-refractivity contribution is -0.385. The zero-order valence-electron chi connectivity index (χ0n) is 11.5. The van der Waals surface area contributed by atoms with E-state index in [4.69, 9.17) is 0 Å². The van der Waals surface area contributed by atoms with Crippen molar-refractivity contribution in [3.63, 3.8) is 0 Å². The first kappa shape index (κ1) is 16.8. The molecule has 0 unspecified atom stereocenters. The minimum atomic E-state index is -4.74. The molecule has 2 aromatic rings. The molecular formula is C12H9F3N4O3S. The molecule has 122 valence electrons. The Bertz CT molecular complexity index is 760. The lowest BCUT2D eigenvalue weighted by Crippen LogP contribution is -2.15. The highest BCUT2D eigenvalue weighted by Crippen LogP contribution is 2.33. The number of carbonyl (C=O) groups excluding carboxylic acids is 1. The Morgan fingerprint density at radius 2 is 2.09 bits per heavy atom. The normalized spacial score (nSPS) is 11.3. The molecule has 7 nitrogen and oxygen atoms in total. The molecule has 0 atom stereocenters. The van der Waals surface area contributed by atoms with Gasteiger partial charge in [-0.15, -0.1) is 10.2 Å². The molecule has 0 saturated carbocycles. The van der Waals surface area contributed by atoms with Gasteiger partial charge < -0.3 is 0 Å². The van der Waals surface area contributed by atoms with Crippen LogP contribution in [0.25, 0.3) is 0 Å². The van der Waals surface area contributed by atoms with E-state index in [1.165, 1.54) is 0 Å². The number of alkyl halides is 3. The Morgan fingerprint density at radius 1 is 1.39 bits per heavy atom. The molecule has 2 rings (SSSR count). The largest absolute Gasteiger partial charge is 0.416 e. The number of hydrogen-bond acceptors (Lipinski definition) is 6. The number of nitrogens with zero attached hydrogens (tertiary/aromatic N) is 3. The molecule has 1 aromatic heterocycles. The molecule has 0 radical (unpaired) electrons. The first-order valence-corrected chi connectivity index (χ1v) is 7.03. The fraction of sp³-hybridized carbons (Fsp3) is 0.250. The summed E-state index contributed by atoms with van der Waals surface area (Å²) < 4.78 is 37.8. The van der Waals surface area contributed by atoms with Crippen molar-refractivity contribution in [3.8, 4) is 0 Å². The molecule has 23 heavy (non-hydrogen) atoms. The smallest absolute Gasteiger partial charge is 0.296 e. The first-order chi connectivity index (χ1) is 10.7. The van der Waals surface area contributed by atoms with Gasteiger partial charge in [-0.2, -0.15) is 13.2 Å². The van der Waals surface area contributed by atoms with Gasteiger partial charge in [-0.05, 0) is 18.6 Å². The number of rotatable bonds is 4. The zero-order chi connectivity index (χ0) is 17.2. The zero-order valence-corrected chi connectivity index (χ0v) is 12.4. The fourth-order valence-corrected chi connectivity index (χ4v) is 2.34. The van der Waals surface area contributed by atoms with Crippen molar-refractivity contribution in [3.05, 3.63) is 44.4 Å². The molecule has 0 spiro atoms. The minimum absolute atomic E-state index is 0.112. The summed E-state index contributed by atoms with van der Waals surface area (Å²) in [6.45, 7) is 1.83. The SMILES string of the molecule is CCc1nnc(NC(=O)c2ccc(C(F)(F)F)cc2[N+](=O)[O-])s1. The Balaban J connectivity index is 2.34. The van der Waals surface area contributed by atoms with Gasteiger partial charge in [0, 0.05) is 6.07 Å². The van der Waals surface area contributed by atoms with Crippen LogP contribution >= 0.6 is 11.3 Å². The summed E-state index contributed by atoms with van der Waals surface area (Å²) in [5.41, 5.74) is -2.63. The van der Waals surface area contributed by atoms with Crippen LogP contribution in [-0.2, 0) is 12.6 Å². The van der Waals surface area contributed by atoms with Crippen molar-refractivity contribution < 1.29 is 22.9 Å². The Hall–Kier alpha value is -2.56. The lowest BCUT2D eigenvalue weighted by Gasteiger charge is -2.08. The molecule has 0 saturated heterocycles. The lowest BCUT2D eigenvalue weighted by atomic mass is 10.1. The molecule has 1 amide bonds. The summed E-state index contributed by atoms with van der Waals surface area (Å²) in [5, 5.41) is 21.4. The van der Waals surface area contributed by atoms with Crippen LogP contribution in [0.5, 0.6) is 0 Å². The predicted molar refractivity (Wildman–Crippen MR) is 75.3 cm³/mol. The summed E-state index contributed by atoms with van der Waals surface area (Å²) in [6, 6.07) is 1.70. The summed E-state index contributed by atoms with van der Waals surface area (Å²) in [7, 11) is 0. The molecule has 1 N–H and O–H groups in total. The Labute approximate surface area is 131 Å². The number of anilines is 1. The van der Waals surface area contributed by atoms with Gasteiger partial charge in [-0.1, -0.05) is 18.3 Å². The van der Waals surface area contributed by atoms with E-state index < -0.39 is 33.8 Å². The van der Waals surface area contributed by atoms with E-state index in [0.717, 1.165) is 17.4 Å². The van der Waals surface area contributed by atoms with Crippen LogP contribution in [0, 0.1) is 10.1 Å². The maximum absolute atomic E-state index is 12.6. The third-order valence-corrected chi connectivity index (χ3v) is 3.74. The third-order valence-electron chi connectivity index (χ3n) is 2.76. The molecule has 0 aliphatic heterocycles. The number of nitro groups is 1. The standard InChI is InChI=1S/C12H9F3N4O3S/c1-2-9-17-18-11(23-9)16-10(20)7-4-3-6(12(13,14)15)5-8(7)19(21)22/h3-5H,2H2,1H3,(H,16,18,20). The monoisotopic (exact) mass is 346 g/mol. The summed E-state index contributed by atoms with van der Waals surface area (Å²) in [4.78, 5) is 21.9. The maximum Gasteiger partial charge on any atom is 0.416 e. The number of halogens is 3. The van der Waals surface area contributed by atoms with Gasteiger partial charge >= 0.3 is 6.18 Å². The molecule has 1 heterocycles. The van der Waals surface area contributed by atoms with Crippen molar-refractivity contribution >= 4 is 28.1 Å². The Morgan fingerprint density at radius 3 is 2.61 bits per heavy atom. The van der Waals surface area contributed by atoms with Gasteiger partial charge in [0.2, 0.25) is 5.13 Å². The van der Waals surface area contributed by atoms with Gasteiger partial charge in [0.15, 0.2) is 0 Å². The highest BCUT2D eigenvalue weighted by Gasteiger charge is 2.34. The van der Waals surface area contributed by atoms with E-state index >= 15 is 0 Å². The van der Waals surface area contributed by atoms with Crippen molar-refractivity contribution in [2.45, 2.75) is 19.5 Å². The van der Waals surface area contributed by atoms with Gasteiger partial charge in [0.1, 0.15) is 10.6 Å². The van der Waals surface area contributed by atoms with Crippen molar-refractivity contribution in [1.29, 1.82) is 0 Å². The number of hydrogen-bond donors (Lipinski definition) is 1. The van der Waals surface area contributed by atoms with Gasteiger partial charge in [-0.25, -0.2) is 0 Å². The fourth-order valence-electron chi connectivity index (χ4n) is 1.66. The molecule has 0 fully saturated rings. The molecule has 11 heteroatoms. The highest BCUT2D eigenvalue weighted by molar-refractivity contribution is 7.15. The molecule has 0 aliphatic carbocycles. The average Bonchev–Trinajstić information content (AvgIpc) is 2.93. The number of benzene rings is 1. The topological polar surface area (TPSA) is 98.0 Å². The van der Waals surface area contributed by atoms with Crippen LogP contribution in [0.3, 0.4) is 0 Å². The van der Waals surface area contributed by atoms with Crippen LogP contribution in [0.2, 0.25) is 0 Å². The number of carbonyl (C=O) groups is 1. The van der Waals surface area contributed by atoms with Gasteiger partial charge in [-0.3, -0.25) is 20.2 Å². The second-order valence-corrected chi connectivity index (χ2v) is 5.36. The Kier molecular flexibility index (Phi) is 4.59. The molecule has 0 aliphatic rings. The minimum Gasteiger partial charge on any atom is -0.296 e. The second kappa shape index (κ2) is 6.28. The van der Waals surface area contributed by atoms with E-state index in [1.807, 2.05) is 6.92 Å². The maximum atomic E-state index is 12.6.